The van der Waals surface area contributed by atoms with Gasteiger partial charge in [0.15, 0.2) is 5.82 Å². The molecule has 38 heavy (non-hydrogen) atoms. The second kappa shape index (κ2) is 9.14. The van der Waals surface area contributed by atoms with Gasteiger partial charge in [-0.25, -0.2) is 19.2 Å². The van der Waals surface area contributed by atoms with Crippen LogP contribution in [0.25, 0.3) is 28.2 Å². The minimum atomic E-state index is -0.898. The van der Waals surface area contributed by atoms with Crippen LogP contribution in [-0.2, 0) is 6.54 Å². The number of rotatable bonds is 7. The molecule has 10 nitrogen and oxygen atoms in total. The topological polar surface area (TPSA) is 123 Å². The first-order chi connectivity index (χ1) is 18.2. The number of hydrogen-bond acceptors (Lipinski definition) is 7. The van der Waals surface area contributed by atoms with Crippen molar-refractivity contribution in [1.29, 1.82) is 0 Å². The van der Waals surface area contributed by atoms with Crippen LogP contribution in [0.1, 0.15) is 54.1 Å². The highest BCUT2D eigenvalue weighted by molar-refractivity contribution is 6.09. The lowest BCUT2D eigenvalue weighted by atomic mass is 10.1. The summed E-state index contributed by atoms with van der Waals surface area (Å²) in [6.07, 6.45) is 11.4. The van der Waals surface area contributed by atoms with E-state index in [4.69, 9.17) is 0 Å². The molecule has 5 aromatic rings. The molecule has 1 saturated carbocycles. The molecule has 1 aliphatic carbocycles. The standard InChI is InChI=1S/C28H28N8O2/c1-17-4-5-19(26-29-11-21(12-30-26)18-6-7-18)10-23(17)32-27(37)22-13-31-36-14-20(8-9-25(22)36)24-15-35(34-33-24)16-28(2,3)38/h4-5,8-15,18,38H,6-7,16H2,1-3H3,(H,32,37). The average Bonchev–Trinajstić information content (AvgIpc) is 3.49. The van der Waals surface area contributed by atoms with Crippen molar-refractivity contribution in [2.45, 2.75) is 51.7 Å². The van der Waals surface area contributed by atoms with Crippen LogP contribution in [0.15, 0.2) is 61.3 Å². The number of fused-ring (bicyclic) bond motifs is 1. The van der Waals surface area contributed by atoms with Gasteiger partial charge >= 0.3 is 0 Å². The van der Waals surface area contributed by atoms with Crippen molar-refractivity contribution in [2.24, 2.45) is 0 Å². The van der Waals surface area contributed by atoms with Gasteiger partial charge in [-0.05, 0) is 68.9 Å². The molecule has 0 spiro atoms. The smallest absolute Gasteiger partial charge is 0.259 e. The fourth-order valence-corrected chi connectivity index (χ4v) is 4.42. The minimum Gasteiger partial charge on any atom is -0.389 e. The second-order valence-corrected chi connectivity index (χ2v) is 10.5. The van der Waals surface area contributed by atoms with E-state index in [1.807, 2.05) is 49.6 Å². The summed E-state index contributed by atoms with van der Waals surface area (Å²) in [5.74, 6) is 0.980. The molecule has 4 heterocycles. The van der Waals surface area contributed by atoms with Gasteiger partial charge in [-0.3, -0.25) is 4.79 Å². The van der Waals surface area contributed by atoms with E-state index in [2.05, 4.69) is 30.7 Å². The van der Waals surface area contributed by atoms with Gasteiger partial charge in [0.25, 0.3) is 5.91 Å². The van der Waals surface area contributed by atoms with Crippen LogP contribution in [0.2, 0.25) is 0 Å². The van der Waals surface area contributed by atoms with E-state index in [1.165, 1.54) is 18.4 Å². The van der Waals surface area contributed by atoms with Gasteiger partial charge in [0.05, 0.1) is 35.6 Å². The molecule has 4 aromatic heterocycles. The number of amides is 1. The molecule has 0 saturated heterocycles. The molecule has 192 valence electrons. The maximum atomic E-state index is 13.3. The summed E-state index contributed by atoms with van der Waals surface area (Å²) in [4.78, 5) is 22.3. The third-order valence-electron chi connectivity index (χ3n) is 6.61. The first kappa shape index (κ1) is 23.9. The van der Waals surface area contributed by atoms with Crippen LogP contribution in [0.4, 0.5) is 5.69 Å². The van der Waals surface area contributed by atoms with E-state index in [9.17, 15) is 9.90 Å². The van der Waals surface area contributed by atoms with E-state index >= 15 is 0 Å². The fourth-order valence-electron chi connectivity index (χ4n) is 4.42. The molecular weight excluding hydrogens is 480 g/mol. The Kier molecular flexibility index (Phi) is 5.76. The van der Waals surface area contributed by atoms with Crippen LogP contribution in [0, 0.1) is 6.92 Å². The predicted octanol–water partition coefficient (Wildman–Crippen LogP) is 4.26. The quantitative estimate of drug-likeness (QED) is 0.337. The minimum absolute atomic E-state index is 0.255. The molecule has 0 aliphatic heterocycles. The summed E-state index contributed by atoms with van der Waals surface area (Å²) in [5, 5.41) is 25.7. The van der Waals surface area contributed by atoms with Gasteiger partial charge in [-0.2, -0.15) is 5.10 Å². The number of hydrogen-bond donors (Lipinski definition) is 2. The number of benzene rings is 1. The lowest BCUT2D eigenvalue weighted by molar-refractivity contribution is 0.0571. The summed E-state index contributed by atoms with van der Waals surface area (Å²) in [5.41, 5.74) is 5.33. The molecule has 0 bridgehead atoms. The van der Waals surface area contributed by atoms with Crippen LogP contribution in [0.5, 0.6) is 0 Å². The SMILES string of the molecule is Cc1ccc(-c2ncc(C3CC3)cn2)cc1NC(=O)c1cnn2cc(-c3cn(CC(C)(C)O)nn3)ccc12. The van der Waals surface area contributed by atoms with Crippen LogP contribution in [0.3, 0.4) is 0 Å². The molecule has 0 atom stereocenters. The number of carbonyl (C=O) groups is 1. The third kappa shape index (κ3) is 4.90. The number of anilines is 1. The Balaban J connectivity index is 1.22. The zero-order chi connectivity index (χ0) is 26.4. The van der Waals surface area contributed by atoms with E-state index in [1.54, 1.807) is 41.6 Å². The highest BCUT2D eigenvalue weighted by atomic mass is 16.3. The van der Waals surface area contributed by atoms with E-state index < -0.39 is 5.60 Å². The van der Waals surface area contributed by atoms with E-state index in [-0.39, 0.29) is 5.91 Å². The Bertz CT molecular complexity index is 1640. The predicted molar refractivity (Wildman–Crippen MR) is 143 cm³/mol. The summed E-state index contributed by atoms with van der Waals surface area (Å²) in [6.45, 7) is 5.71. The number of aryl methyl sites for hydroxylation is 1. The summed E-state index contributed by atoms with van der Waals surface area (Å²) in [6, 6.07) is 9.54. The van der Waals surface area contributed by atoms with Crippen molar-refractivity contribution < 1.29 is 9.90 Å². The monoisotopic (exact) mass is 508 g/mol. The number of aromatic nitrogens is 7. The van der Waals surface area contributed by atoms with Crippen molar-refractivity contribution >= 4 is 17.1 Å². The van der Waals surface area contributed by atoms with Crippen molar-refractivity contribution in [2.75, 3.05) is 5.32 Å². The number of carbonyl (C=O) groups excluding carboxylic acids is 1. The van der Waals surface area contributed by atoms with Gasteiger partial charge in [0.1, 0.15) is 5.69 Å². The molecule has 0 radical (unpaired) electrons. The summed E-state index contributed by atoms with van der Waals surface area (Å²) < 4.78 is 3.25. The average molecular weight is 509 g/mol. The van der Waals surface area contributed by atoms with E-state index in [0.717, 1.165) is 16.7 Å². The summed E-state index contributed by atoms with van der Waals surface area (Å²) in [7, 11) is 0. The van der Waals surface area contributed by atoms with Crippen molar-refractivity contribution in [1.82, 2.24) is 34.6 Å². The molecule has 10 heteroatoms. The Morgan fingerprint density at radius 1 is 1.08 bits per heavy atom. The molecule has 1 amide bonds. The molecule has 6 rings (SSSR count). The van der Waals surface area contributed by atoms with Gasteiger partial charge in [0.2, 0.25) is 0 Å². The van der Waals surface area contributed by atoms with Gasteiger partial charge in [-0.1, -0.05) is 17.3 Å². The first-order valence-electron chi connectivity index (χ1n) is 12.6. The third-order valence-corrected chi connectivity index (χ3v) is 6.61. The fraction of sp³-hybridized carbons (Fsp3) is 0.286. The van der Waals surface area contributed by atoms with Crippen molar-refractivity contribution in [3.8, 4) is 22.6 Å². The Hall–Kier alpha value is -4.44. The Morgan fingerprint density at radius 3 is 2.58 bits per heavy atom. The number of aliphatic hydroxyl groups is 1. The highest BCUT2D eigenvalue weighted by Gasteiger charge is 2.24. The zero-order valence-corrected chi connectivity index (χ0v) is 21.5. The second-order valence-electron chi connectivity index (χ2n) is 10.5. The first-order valence-corrected chi connectivity index (χ1v) is 12.6. The number of pyridine rings is 1. The Morgan fingerprint density at radius 2 is 1.84 bits per heavy atom. The molecule has 2 N–H and O–H groups in total. The van der Waals surface area contributed by atoms with Gasteiger partial charge in [0, 0.05) is 35.4 Å². The highest BCUT2D eigenvalue weighted by Crippen LogP contribution is 2.39. The number of nitrogens with one attached hydrogen (secondary N) is 1. The van der Waals surface area contributed by atoms with Crippen LogP contribution in [-0.4, -0.2) is 51.2 Å². The largest absolute Gasteiger partial charge is 0.389 e. The molecule has 1 aromatic carbocycles. The number of nitrogens with zero attached hydrogens (tertiary/aromatic N) is 7. The Labute approximate surface area is 219 Å². The lowest BCUT2D eigenvalue weighted by Gasteiger charge is -2.15. The van der Waals surface area contributed by atoms with Gasteiger partial charge in [-0.15, -0.1) is 5.10 Å². The van der Waals surface area contributed by atoms with Crippen molar-refractivity contribution in [3.63, 3.8) is 0 Å². The maximum Gasteiger partial charge on any atom is 0.259 e. The molecule has 1 fully saturated rings. The van der Waals surface area contributed by atoms with Crippen LogP contribution < -0.4 is 5.32 Å². The molecule has 1 aliphatic rings. The zero-order valence-electron chi connectivity index (χ0n) is 21.5. The van der Waals surface area contributed by atoms with Crippen molar-refractivity contribution in [3.05, 3.63) is 78.0 Å². The molecule has 0 unspecified atom stereocenters. The van der Waals surface area contributed by atoms with E-state index in [0.29, 0.717) is 40.7 Å². The summed E-state index contributed by atoms with van der Waals surface area (Å²) >= 11 is 0. The lowest BCUT2D eigenvalue weighted by Crippen LogP contribution is -2.26. The molecular formula is C28H28N8O2. The van der Waals surface area contributed by atoms with Gasteiger partial charge < -0.3 is 10.4 Å². The maximum absolute atomic E-state index is 13.3. The van der Waals surface area contributed by atoms with Crippen LogP contribution >= 0.6 is 0 Å². The normalized spacial score (nSPS) is 13.7.